The molecule has 1 unspecified atom stereocenters. The number of nitrogens with zero attached hydrogens (tertiary/aromatic N) is 3. The summed E-state index contributed by atoms with van der Waals surface area (Å²) >= 11 is 1.43. The molecule has 57 heavy (non-hydrogen) atoms. The van der Waals surface area contributed by atoms with Crippen LogP contribution in [0.5, 0.6) is 11.5 Å². The van der Waals surface area contributed by atoms with Gasteiger partial charge in [0.05, 0.1) is 30.4 Å². The predicted molar refractivity (Wildman–Crippen MR) is 208 cm³/mol. The number of thiazole rings is 1. The highest BCUT2D eigenvalue weighted by Crippen LogP contribution is 2.46. The first-order valence-electron chi connectivity index (χ1n) is 18.8. The lowest BCUT2D eigenvalue weighted by molar-refractivity contribution is -0.146. The first-order chi connectivity index (χ1) is 26.7. The second-order valence-corrected chi connectivity index (χ2v) is 17.1. The van der Waals surface area contributed by atoms with Gasteiger partial charge in [-0.05, 0) is 60.9 Å². The van der Waals surface area contributed by atoms with Crippen molar-refractivity contribution < 1.29 is 46.5 Å². The van der Waals surface area contributed by atoms with Crippen LogP contribution in [0.25, 0.3) is 21.6 Å². The fourth-order valence-corrected chi connectivity index (χ4v) is 8.38. The van der Waals surface area contributed by atoms with Gasteiger partial charge in [0.25, 0.3) is 0 Å². The van der Waals surface area contributed by atoms with Crippen molar-refractivity contribution in [3.63, 3.8) is 0 Å². The minimum atomic E-state index is -4.85. The number of nitrogens with one attached hydrogen (secondary N) is 2. The van der Waals surface area contributed by atoms with E-state index in [4.69, 9.17) is 19.4 Å². The Morgan fingerprint density at radius 1 is 1.09 bits per heavy atom. The number of hydrogen-bond donors (Lipinski definition) is 3. The maximum Gasteiger partial charge on any atom is 0.416 e. The topological polar surface area (TPSA) is 143 Å². The molecule has 6 rings (SSSR count). The van der Waals surface area contributed by atoms with Crippen LogP contribution in [0, 0.1) is 24.1 Å². The molecule has 0 radical (unpaired) electrons. The van der Waals surface area contributed by atoms with E-state index in [1.165, 1.54) is 16.2 Å². The molecule has 0 bridgehead atoms. The lowest BCUT2D eigenvalue weighted by Gasteiger charge is -2.36. The highest BCUT2D eigenvalue weighted by molar-refractivity contribution is 7.13. The number of alkyl halides is 3. The van der Waals surface area contributed by atoms with Crippen molar-refractivity contribution in [3.8, 4) is 22.2 Å². The van der Waals surface area contributed by atoms with Crippen molar-refractivity contribution >= 4 is 45.7 Å². The number of ether oxygens (including phenoxy) is 2. The van der Waals surface area contributed by atoms with E-state index in [-0.39, 0.29) is 36.9 Å². The molecular weight excluding hydrogens is 767 g/mol. The van der Waals surface area contributed by atoms with Gasteiger partial charge >= 0.3 is 12.1 Å². The van der Waals surface area contributed by atoms with E-state index in [0.717, 1.165) is 23.4 Å². The van der Waals surface area contributed by atoms with Gasteiger partial charge in [0.2, 0.25) is 11.8 Å². The van der Waals surface area contributed by atoms with E-state index < -0.39 is 64.5 Å². The van der Waals surface area contributed by atoms with Crippen LogP contribution < -0.4 is 20.1 Å². The third-order valence-electron chi connectivity index (χ3n) is 10.8. The van der Waals surface area contributed by atoms with Crippen LogP contribution in [-0.2, 0) is 20.6 Å². The number of aliphatic carboxylic acids is 1. The molecule has 1 saturated heterocycles. The fourth-order valence-electron chi connectivity index (χ4n) is 7.44. The summed E-state index contributed by atoms with van der Waals surface area (Å²) in [5, 5.41) is 18.9. The monoisotopic (exact) mass is 813 g/mol. The SMILES string of the molecule is CCC1C[C@]1(NC(=O)[C@@H]1C[C@@H](Oc2cc(-c3nc(C(C)C)cs3)nc3c(C)c(OC)ccc23)CN1C(=O)[C@@H](Nc1cc(F)cc(C(F)(F)F)c1)C(C)(C)C)C(=O)O. The number of aromatic nitrogens is 2. The van der Waals surface area contributed by atoms with Crippen LogP contribution >= 0.6 is 11.3 Å². The third-order valence-corrected chi connectivity index (χ3v) is 11.7. The molecule has 3 heterocycles. The first-order valence-corrected chi connectivity index (χ1v) is 19.7. The number of benzene rings is 2. The molecule has 1 aliphatic carbocycles. The molecular formula is C41H47F4N5O6S. The number of methoxy groups -OCH3 is 1. The summed E-state index contributed by atoms with van der Waals surface area (Å²) < 4.78 is 67.8. The summed E-state index contributed by atoms with van der Waals surface area (Å²) in [5.41, 5.74) is -1.19. The number of carboxylic acid groups (broad SMARTS) is 1. The summed E-state index contributed by atoms with van der Waals surface area (Å²) in [4.78, 5) is 52.3. The van der Waals surface area contributed by atoms with E-state index in [2.05, 4.69) is 10.6 Å². The number of carbonyl (C=O) groups excluding carboxylic acids is 2. The van der Waals surface area contributed by atoms with Crippen molar-refractivity contribution in [3.05, 3.63) is 64.4 Å². The minimum Gasteiger partial charge on any atom is -0.496 e. The molecule has 2 fully saturated rings. The van der Waals surface area contributed by atoms with Crippen LogP contribution in [0.2, 0.25) is 0 Å². The van der Waals surface area contributed by atoms with Crippen molar-refractivity contribution in [2.45, 2.75) is 104 Å². The fraction of sp³-hybridized carbons (Fsp3) is 0.488. The number of carboxylic acids is 1. The number of anilines is 1. The number of fused-ring (bicyclic) bond motifs is 1. The van der Waals surface area contributed by atoms with Gasteiger partial charge < -0.3 is 30.1 Å². The molecule has 5 atom stereocenters. The van der Waals surface area contributed by atoms with E-state index in [1.54, 1.807) is 46.1 Å². The maximum atomic E-state index is 14.7. The summed E-state index contributed by atoms with van der Waals surface area (Å²) in [6, 6.07) is 4.83. The number of rotatable bonds is 12. The van der Waals surface area contributed by atoms with Gasteiger partial charge in [-0.1, -0.05) is 48.0 Å². The van der Waals surface area contributed by atoms with Crippen molar-refractivity contribution in [2.75, 3.05) is 19.0 Å². The van der Waals surface area contributed by atoms with Gasteiger partial charge in [0, 0.05) is 34.5 Å². The second-order valence-electron chi connectivity index (χ2n) is 16.3. The van der Waals surface area contributed by atoms with Crippen LogP contribution in [0.3, 0.4) is 0 Å². The molecule has 3 N–H and O–H groups in total. The van der Waals surface area contributed by atoms with Crippen LogP contribution in [-0.4, -0.2) is 75.1 Å². The zero-order chi connectivity index (χ0) is 41.8. The Hall–Kier alpha value is -4.99. The molecule has 2 aromatic heterocycles. The number of likely N-dealkylation sites (tertiary alicyclic amines) is 1. The van der Waals surface area contributed by atoms with Crippen LogP contribution in [0.4, 0.5) is 23.2 Å². The number of aryl methyl sites for hydroxylation is 1. The molecule has 2 aliphatic rings. The molecule has 1 aliphatic heterocycles. The smallest absolute Gasteiger partial charge is 0.416 e. The second kappa shape index (κ2) is 15.4. The van der Waals surface area contributed by atoms with Gasteiger partial charge in [-0.25, -0.2) is 19.2 Å². The number of pyridine rings is 1. The maximum absolute atomic E-state index is 14.7. The van der Waals surface area contributed by atoms with Crippen LogP contribution in [0.15, 0.2) is 41.8 Å². The molecule has 11 nitrogen and oxygen atoms in total. The largest absolute Gasteiger partial charge is 0.496 e. The Bertz CT molecular complexity index is 2200. The average molecular weight is 814 g/mol. The van der Waals surface area contributed by atoms with E-state index >= 15 is 0 Å². The lowest BCUT2D eigenvalue weighted by atomic mass is 9.85. The normalized spacial score (nSPS) is 21.4. The Morgan fingerprint density at radius 2 is 1.81 bits per heavy atom. The quantitative estimate of drug-likeness (QED) is 0.121. The Morgan fingerprint density at radius 3 is 2.39 bits per heavy atom. The summed E-state index contributed by atoms with van der Waals surface area (Å²) in [5.74, 6) is -2.81. The van der Waals surface area contributed by atoms with Crippen molar-refractivity contribution in [1.29, 1.82) is 0 Å². The number of carbonyl (C=O) groups is 3. The molecule has 2 amide bonds. The molecule has 1 saturated carbocycles. The predicted octanol–water partition coefficient (Wildman–Crippen LogP) is 8.20. The van der Waals surface area contributed by atoms with Gasteiger partial charge in [0.1, 0.15) is 51.7 Å². The van der Waals surface area contributed by atoms with Crippen molar-refractivity contribution in [1.82, 2.24) is 20.2 Å². The summed E-state index contributed by atoms with van der Waals surface area (Å²) in [7, 11) is 1.56. The van der Waals surface area contributed by atoms with E-state index in [9.17, 15) is 37.1 Å². The average Bonchev–Trinajstić information content (AvgIpc) is 3.42. The Labute approximate surface area is 332 Å². The number of hydrogen-bond acceptors (Lipinski definition) is 9. The highest BCUT2D eigenvalue weighted by Gasteiger charge is 2.61. The molecule has 2 aromatic carbocycles. The third kappa shape index (κ3) is 8.37. The van der Waals surface area contributed by atoms with E-state index in [1.807, 2.05) is 33.1 Å². The molecule has 0 spiro atoms. The van der Waals surface area contributed by atoms with E-state index in [0.29, 0.717) is 45.6 Å². The van der Waals surface area contributed by atoms with Crippen molar-refractivity contribution in [2.24, 2.45) is 11.3 Å². The zero-order valence-corrected chi connectivity index (χ0v) is 33.8. The molecule has 306 valence electrons. The Balaban J connectivity index is 1.39. The summed E-state index contributed by atoms with van der Waals surface area (Å²) in [6.07, 6.45) is -4.96. The zero-order valence-electron chi connectivity index (χ0n) is 33.0. The van der Waals surface area contributed by atoms with Gasteiger partial charge in [-0.15, -0.1) is 11.3 Å². The Kier molecular flexibility index (Phi) is 11.3. The van der Waals surface area contributed by atoms with Crippen LogP contribution in [0.1, 0.15) is 83.5 Å². The lowest BCUT2D eigenvalue weighted by Crippen LogP contribution is -2.56. The van der Waals surface area contributed by atoms with Gasteiger partial charge in [-0.2, -0.15) is 13.2 Å². The number of halogens is 4. The standard InChI is InChI=1S/C41H47F4N5O6S/c1-9-22-17-40(22,38(53)54)49-35(51)30-15-26(18-50(30)37(52)34(39(5,6)7)46-25-13-23(41(43,44)45)12-24(42)14-25)56-32-16-28(36-48-29(19-57-36)20(2)3)47-33-21(4)31(55-8)11-10-27(32)33/h10-14,16,19-20,22,26,30,34,46H,9,15,17-18H2,1-8H3,(H,49,51)(H,53,54)/t22?,26-,30+,34-,40-/m1/s1. The molecule has 16 heteroatoms. The highest BCUT2D eigenvalue weighted by atomic mass is 32.1. The van der Waals surface area contributed by atoms with Gasteiger partial charge in [0.15, 0.2) is 0 Å². The minimum absolute atomic E-state index is 0.0395. The summed E-state index contributed by atoms with van der Waals surface area (Å²) in [6.45, 7) is 12.7. The van der Waals surface area contributed by atoms with Gasteiger partial charge in [-0.3, -0.25) is 9.59 Å². The number of amides is 2. The first kappa shape index (κ1) is 41.6. The molecule has 4 aromatic rings.